The number of unbranched alkanes of at least 4 members (excludes halogenated alkanes) is 13. The SMILES string of the molecule is CCCC/C=C\CCCCCCC(=O)NC(COC1OC(CO)C(O)C(OS(=O)(=O)O)C1O)C(O)/C=C/CCCCCCCCC. The van der Waals surface area contributed by atoms with E-state index >= 15 is 0 Å². The smallest absolute Gasteiger partial charge is 0.394 e. The second-order valence-corrected chi connectivity index (χ2v) is 13.1. The minimum absolute atomic E-state index is 0.253. The number of aliphatic hydroxyl groups excluding tert-OH is 4. The van der Waals surface area contributed by atoms with Crippen LogP contribution in [0.1, 0.15) is 123 Å². The van der Waals surface area contributed by atoms with Crippen molar-refractivity contribution in [1.29, 1.82) is 0 Å². The highest BCUT2D eigenvalue weighted by molar-refractivity contribution is 7.80. The minimum atomic E-state index is -5.07. The van der Waals surface area contributed by atoms with E-state index in [9.17, 15) is 33.6 Å². The fraction of sp³-hybridized carbons (Fsp3) is 0.848. The van der Waals surface area contributed by atoms with E-state index in [0.29, 0.717) is 6.42 Å². The first kappa shape index (κ1) is 42.6. The van der Waals surface area contributed by atoms with Gasteiger partial charge in [-0.3, -0.25) is 9.35 Å². The first-order chi connectivity index (χ1) is 22.0. The van der Waals surface area contributed by atoms with Crippen LogP contribution in [0.3, 0.4) is 0 Å². The van der Waals surface area contributed by atoms with Gasteiger partial charge in [0.1, 0.15) is 24.4 Å². The monoisotopic (exact) mass is 679 g/mol. The van der Waals surface area contributed by atoms with Crippen molar-refractivity contribution in [1.82, 2.24) is 5.32 Å². The van der Waals surface area contributed by atoms with Crippen molar-refractivity contribution < 1.29 is 51.8 Å². The van der Waals surface area contributed by atoms with Crippen LogP contribution in [-0.4, -0.2) is 95.4 Å². The lowest BCUT2D eigenvalue weighted by Crippen LogP contribution is -2.61. The Balaban J connectivity index is 2.73. The van der Waals surface area contributed by atoms with Crippen molar-refractivity contribution in [2.24, 2.45) is 0 Å². The quantitative estimate of drug-likeness (QED) is 0.0413. The zero-order valence-electron chi connectivity index (χ0n) is 27.9. The van der Waals surface area contributed by atoms with Crippen LogP contribution in [0.2, 0.25) is 0 Å². The molecule has 0 aliphatic carbocycles. The predicted octanol–water partition coefficient (Wildman–Crippen LogP) is 4.26. The second-order valence-electron chi connectivity index (χ2n) is 12.1. The van der Waals surface area contributed by atoms with E-state index in [1.807, 2.05) is 6.08 Å². The molecule has 1 aliphatic heterocycles. The van der Waals surface area contributed by atoms with Gasteiger partial charge in [0.25, 0.3) is 0 Å². The highest BCUT2D eigenvalue weighted by atomic mass is 32.3. The van der Waals surface area contributed by atoms with E-state index < -0.39 is 59.9 Å². The summed E-state index contributed by atoms with van der Waals surface area (Å²) in [7, 11) is -5.07. The molecule has 0 aromatic heterocycles. The van der Waals surface area contributed by atoms with E-state index in [4.69, 9.17) is 14.0 Å². The summed E-state index contributed by atoms with van der Waals surface area (Å²) in [6.45, 7) is 3.23. The third-order valence-corrected chi connectivity index (χ3v) is 8.44. The molecule has 0 radical (unpaired) electrons. The van der Waals surface area contributed by atoms with Crippen molar-refractivity contribution in [2.75, 3.05) is 13.2 Å². The summed E-state index contributed by atoms with van der Waals surface area (Å²) in [6.07, 6.45) is 15.4. The number of hydrogen-bond acceptors (Lipinski definition) is 10. The highest BCUT2D eigenvalue weighted by Crippen LogP contribution is 2.26. The molecule has 46 heavy (non-hydrogen) atoms. The van der Waals surface area contributed by atoms with Crippen LogP contribution in [0.5, 0.6) is 0 Å². The van der Waals surface area contributed by atoms with Gasteiger partial charge in [0.15, 0.2) is 6.29 Å². The summed E-state index contributed by atoms with van der Waals surface area (Å²) >= 11 is 0. The van der Waals surface area contributed by atoms with Crippen LogP contribution in [-0.2, 0) is 28.9 Å². The average Bonchev–Trinajstić information content (AvgIpc) is 3.01. The Morgan fingerprint density at radius 1 is 0.848 bits per heavy atom. The van der Waals surface area contributed by atoms with E-state index in [1.165, 1.54) is 38.5 Å². The highest BCUT2D eigenvalue weighted by Gasteiger charge is 2.48. The number of allylic oxidation sites excluding steroid dienone is 3. The largest absolute Gasteiger partial charge is 0.397 e. The third-order valence-electron chi connectivity index (χ3n) is 7.98. The lowest BCUT2D eigenvalue weighted by atomic mass is 9.99. The molecule has 270 valence electrons. The molecule has 1 fully saturated rings. The van der Waals surface area contributed by atoms with E-state index in [1.54, 1.807) is 6.08 Å². The predicted molar refractivity (Wildman–Crippen MR) is 176 cm³/mol. The van der Waals surface area contributed by atoms with Gasteiger partial charge in [-0.25, -0.2) is 4.18 Å². The molecular weight excluding hydrogens is 618 g/mol. The van der Waals surface area contributed by atoms with Crippen molar-refractivity contribution in [3.05, 3.63) is 24.3 Å². The van der Waals surface area contributed by atoms with Gasteiger partial charge in [0.05, 0.1) is 25.4 Å². The Labute approximate surface area is 276 Å². The van der Waals surface area contributed by atoms with Crippen LogP contribution < -0.4 is 5.32 Å². The van der Waals surface area contributed by atoms with Crippen molar-refractivity contribution in [3.8, 4) is 0 Å². The fourth-order valence-electron chi connectivity index (χ4n) is 5.20. The topological polar surface area (TPSA) is 192 Å². The molecule has 0 spiro atoms. The minimum Gasteiger partial charge on any atom is -0.394 e. The molecule has 0 aromatic carbocycles. The first-order valence-corrected chi connectivity index (χ1v) is 18.6. The summed E-state index contributed by atoms with van der Waals surface area (Å²) in [4.78, 5) is 12.8. The Morgan fingerprint density at radius 3 is 2.02 bits per heavy atom. The molecule has 0 bridgehead atoms. The summed E-state index contributed by atoms with van der Waals surface area (Å²) < 4.78 is 47.1. The molecule has 7 unspecified atom stereocenters. The third kappa shape index (κ3) is 19.4. The van der Waals surface area contributed by atoms with Gasteiger partial charge >= 0.3 is 10.4 Å². The Kier molecular flexibility index (Phi) is 23.7. The summed E-state index contributed by atoms with van der Waals surface area (Å²) in [5, 5.41) is 44.2. The lowest BCUT2D eigenvalue weighted by molar-refractivity contribution is -0.298. The fourth-order valence-corrected chi connectivity index (χ4v) is 5.70. The number of amides is 1. The molecule has 6 N–H and O–H groups in total. The van der Waals surface area contributed by atoms with E-state index in [-0.39, 0.29) is 18.9 Å². The number of hydrogen-bond donors (Lipinski definition) is 6. The van der Waals surface area contributed by atoms with Crippen molar-refractivity contribution >= 4 is 16.3 Å². The molecule has 12 nitrogen and oxygen atoms in total. The maximum absolute atomic E-state index is 12.8. The molecule has 13 heteroatoms. The Bertz CT molecular complexity index is 946. The molecule has 1 heterocycles. The first-order valence-electron chi connectivity index (χ1n) is 17.2. The molecular formula is C33H61NO11S. The van der Waals surface area contributed by atoms with Crippen LogP contribution in [0, 0.1) is 0 Å². The number of rotatable bonds is 27. The van der Waals surface area contributed by atoms with Gasteiger partial charge in [-0.2, -0.15) is 8.42 Å². The van der Waals surface area contributed by atoms with Gasteiger partial charge in [-0.05, 0) is 38.5 Å². The molecule has 0 saturated carbocycles. The van der Waals surface area contributed by atoms with Crippen molar-refractivity contribution in [2.45, 2.75) is 166 Å². The van der Waals surface area contributed by atoms with Crippen LogP contribution in [0.25, 0.3) is 0 Å². The number of nitrogens with one attached hydrogen (secondary N) is 1. The summed E-state index contributed by atoms with van der Waals surface area (Å²) in [5.74, 6) is -0.283. The molecule has 1 amide bonds. The normalized spacial score (nSPS) is 23.7. The summed E-state index contributed by atoms with van der Waals surface area (Å²) in [6, 6.07) is -0.942. The Morgan fingerprint density at radius 2 is 1.41 bits per heavy atom. The molecule has 1 aliphatic rings. The zero-order chi connectivity index (χ0) is 34.2. The number of aliphatic hydroxyl groups is 4. The molecule has 1 rings (SSSR count). The maximum Gasteiger partial charge on any atom is 0.397 e. The van der Waals surface area contributed by atoms with Crippen LogP contribution in [0.15, 0.2) is 24.3 Å². The van der Waals surface area contributed by atoms with E-state index in [0.717, 1.165) is 57.8 Å². The standard InChI is InChI=1S/C33H61NO11S/c1-3-5-7-9-11-13-15-17-19-21-23-29(37)34-26(27(36)22-20-18-16-14-12-10-8-6-4-2)25-43-33-31(39)32(45-46(40,41)42)30(38)28(24-35)44-33/h9,11,20,22,26-28,30-33,35-36,38-39H,3-8,10,12-19,21,23-25H2,1-2H3,(H,34,37)(H,40,41,42)/b11-9-,22-20+. The van der Waals surface area contributed by atoms with Crippen LogP contribution >= 0.6 is 0 Å². The number of ether oxygens (including phenoxy) is 2. The molecule has 1 saturated heterocycles. The van der Waals surface area contributed by atoms with Gasteiger partial charge in [0.2, 0.25) is 5.91 Å². The number of carbonyl (C=O) groups is 1. The second kappa shape index (κ2) is 25.6. The van der Waals surface area contributed by atoms with Gasteiger partial charge in [0, 0.05) is 6.42 Å². The molecule has 0 aromatic rings. The Hall–Kier alpha value is -1.42. The zero-order valence-corrected chi connectivity index (χ0v) is 28.7. The maximum atomic E-state index is 12.8. The van der Waals surface area contributed by atoms with Gasteiger partial charge in [-0.1, -0.05) is 102 Å². The van der Waals surface area contributed by atoms with Crippen LogP contribution in [0.4, 0.5) is 0 Å². The van der Waals surface area contributed by atoms with Gasteiger partial charge in [-0.15, -0.1) is 0 Å². The molecule has 7 atom stereocenters. The summed E-state index contributed by atoms with van der Waals surface area (Å²) in [5.41, 5.74) is 0. The average molecular weight is 680 g/mol. The van der Waals surface area contributed by atoms with Gasteiger partial charge < -0.3 is 35.2 Å². The van der Waals surface area contributed by atoms with Crippen molar-refractivity contribution in [3.63, 3.8) is 0 Å². The lowest BCUT2D eigenvalue weighted by Gasteiger charge is -2.41. The van der Waals surface area contributed by atoms with E-state index in [2.05, 4.69) is 35.5 Å². The number of carbonyl (C=O) groups excluding carboxylic acids is 1.